The molecule has 0 atom stereocenters. The standard InChI is InChI=1S/C27H52N2O/c1-3-5-7-9-11-13-15-17-19-21-25-29(27(30)23-24-28)26-22-20-18-16-14-12-10-8-6-4-2/h3-23,25-26H2,1-2H3. The third-order valence-electron chi connectivity index (χ3n) is 6.15. The van der Waals surface area contributed by atoms with Crippen molar-refractivity contribution in [2.45, 2.75) is 149 Å². The Morgan fingerprint density at radius 3 is 1.17 bits per heavy atom. The van der Waals surface area contributed by atoms with Crippen LogP contribution in [0.4, 0.5) is 0 Å². The molecule has 0 aromatic heterocycles. The van der Waals surface area contributed by atoms with Crippen LogP contribution in [0.25, 0.3) is 0 Å². The van der Waals surface area contributed by atoms with Gasteiger partial charge >= 0.3 is 0 Å². The van der Waals surface area contributed by atoms with Gasteiger partial charge in [0, 0.05) is 13.1 Å². The number of hydrogen-bond donors (Lipinski definition) is 0. The zero-order valence-corrected chi connectivity index (χ0v) is 20.6. The van der Waals surface area contributed by atoms with Gasteiger partial charge in [0.15, 0.2) is 0 Å². The fourth-order valence-electron chi connectivity index (χ4n) is 4.12. The zero-order chi connectivity index (χ0) is 22.1. The van der Waals surface area contributed by atoms with E-state index in [1.54, 1.807) is 0 Å². The van der Waals surface area contributed by atoms with Gasteiger partial charge in [0.2, 0.25) is 5.91 Å². The third kappa shape index (κ3) is 20.2. The van der Waals surface area contributed by atoms with Gasteiger partial charge in [0.1, 0.15) is 6.42 Å². The Morgan fingerprint density at radius 2 is 0.867 bits per heavy atom. The van der Waals surface area contributed by atoms with E-state index < -0.39 is 0 Å². The van der Waals surface area contributed by atoms with Crippen LogP contribution in [0, 0.1) is 11.3 Å². The van der Waals surface area contributed by atoms with Crippen LogP contribution in [0.1, 0.15) is 149 Å². The molecule has 3 nitrogen and oxygen atoms in total. The van der Waals surface area contributed by atoms with Crippen LogP contribution in [0.2, 0.25) is 0 Å². The number of hydrogen-bond acceptors (Lipinski definition) is 2. The summed E-state index contributed by atoms with van der Waals surface area (Å²) in [7, 11) is 0. The predicted molar refractivity (Wildman–Crippen MR) is 130 cm³/mol. The first kappa shape index (κ1) is 29.0. The first-order chi connectivity index (χ1) is 14.8. The van der Waals surface area contributed by atoms with Crippen LogP contribution in [0.15, 0.2) is 0 Å². The molecule has 0 saturated heterocycles. The Hall–Kier alpha value is -1.04. The highest BCUT2D eigenvalue weighted by Gasteiger charge is 2.12. The van der Waals surface area contributed by atoms with Crippen LogP contribution < -0.4 is 0 Å². The van der Waals surface area contributed by atoms with E-state index in [0.717, 1.165) is 25.9 Å². The normalized spacial score (nSPS) is 10.8. The van der Waals surface area contributed by atoms with Crippen LogP contribution >= 0.6 is 0 Å². The number of nitriles is 1. The van der Waals surface area contributed by atoms with Crippen LogP contribution in [-0.2, 0) is 4.79 Å². The first-order valence-electron chi connectivity index (χ1n) is 13.4. The lowest BCUT2D eigenvalue weighted by Crippen LogP contribution is -2.32. The van der Waals surface area contributed by atoms with Gasteiger partial charge in [-0.1, -0.05) is 129 Å². The second kappa shape index (κ2) is 24.2. The molecule has 0 rings (SSSR count). The highest BCUT2D eigenvalue weighted by atomic mass is 16.2. The number of unbranched alkanes of at least 4 members (excludes halogenated alkanes) is 18. The van der Waals surface area contributed by atoms with Crippen molar-refractivity contribution >= 4 is 5.91 Å². The monoisotopic (exact) mass is 420 g/mol. The maximum absolute atomic E-state index is 12.2. The SMILES string of the molecule is CCCCCCCCCCCCN(CCCCCCCCCCCC)C(=O)CC#N. The van der Waals surface area contributed by atoms with Gasteiger partial charge in [0.25, 0.3) is 0 Å². The summed E-state index contributed by atoms with van der Waals surface area (Å²) in [5, 5.41) is 8.88. The number of rotatable bonds is 23. The molecule has 0 aromatic carbocycles. The summed E-state index contributed by atoms with van der Waals surface area (Å²) in [4.78, 5) is 14.2. The van der Waals surface area contributed by atoms with E-state index >= 15 is 0 Å². The summed E-state index contributed by atoms with van der Waals surface area (Å²) in [6, 6.07) is 2.04. The molecule has 0 N–H and O–H groups in total. The molecular formula is C27H52N2O. The minimum Gasteiger partial charge on any atom is -0.342 e. The van der Waals surface area contributed by atoms with Gasteiger partial charge in [-0.2, -0.15) is 5.26 Å². The van der Waals surface area contributed by atoms with Gasteiger partial charge in [-0.3, -0.25) is 4.79 Å². The van der Waals surface area contributed by atoms with Crippen LogP contribution in [0.3, 0.4) is 0 Å². The molecule has 0 bridgehead atoms. The lowest BCUT2D eigenvalue weighted by molar-refractivity contribution is -0.130. The van der Waals surface area contributed by atoms with Gasteiger partial charge in [-0.05, 0) is 12.8 Å². The summed E-state index contributed by atoms with van der Waals surface area (Å²) in [6.45, 7) is 6.21. The molecular weight excluding hydrogens is 368 g/mol. The molecule has 0 saturated carbocycles. The van der Waals surface area contributed by atoms with Crippen molar-refractivity contribution in [3.05, 3.63) is 0 Å². The van der Waals surface area contributed by atoms with Crippen molar-refractivity contribution in [1.29, 1.82) is 5.26 Å². The van der Waals surface area contributed by atoms with E-state index in [1.165, 1.54) is 116 Å². The molecule has 0 aromatic rings. The minimum atomic E-state index is 0.0318. The van der Waals surface area contributed by atoms with Crippen LogP contribution in [0.5, 0.6) is 0 Å². The van der Waals surface area contributed by atoms with Gasteiger partial charge in [-0.15, -0.1) is 0 Å². The second-order valence-corrected chi connectivity index (χ2v) is 9.08. The first-order valence-corrected chi connectivity index (χ1v) is 13.4. The summed E-state index contributed by atoms with van der Waals surface area (Å²) >= 11 is 0. The molecule has 0 radical (unpaired) electrons. The summed E-state index contributed by atoms with van der Waals surface area (Å²) in [5.41, 5.74) is 0. The molecule has 176 valence electrons. The van der Waals surface area contributed by atoms with Crippen molar-refractivity contribution in [1.82, 2.24) is 4.90 Å². The fraction of sp³-hybridized carbons (Fsp3) is 0.926. The predicted octanol–water partition coefficient (Wildman–Crippen LogP) is 8.57. The molecule has 0 aliphatic carbocycles. The number of carbonyl (C=O) groups excluding carboxylic acids is 1. The molecule has 30 heavy (non-hydrogen) atoms. The Kier molecular flexibility index (Phi) is 23.4. The molecule has 0 fully saturated rings. The van der Waals surface area contributed by atoms with E-state index in [2.05, 4.69) is 13.8 Å². The van der Waals surface area contributed by atoms with Gasteiger partial charge in [0.05, 0.1) is 6.07 Å². The number of amides is 1. The number of nitrogens with zero attached hydrogens (tertiary/aromatic N) is 2. The Morgan fingerprint density at radius 1 is 0.567 bits per heavy atom. The van der Waals surface area contributed by atoms with Crippen molar-refractivity contribution in [2.75, 3.05) is 13.1 Å². The van der Waals surface area contributed by atoms with Crippen molar-refractivity contribution in [3.8, 4) is 6.07 Å². The average molecular weight is 421 g/mol. The van der Waals surface area contributed by atoms with Crippen molar-refractivity contribution in [3.63, 3.8) is 0 Å². The van der Waals surface area contributed by atoms with Gasteiger partial charge < -0.3 is 4.90 Å². The Bertz CT molecular complexity index is 378. The van der Waals surface area contributed by atoms with E-state index in [-0.39, 0.29) is 12.3 Å². The topological polar surface area (TPSA) is 44.1 Å². The Labute approximate surface area is 189 Å². The molecule has 0 aliphatic rings. The minimum absolute atomic E-state index is 0.0318. The van der Waals surface area contributed by atoms with Crippen LogP contribution in [-0.4, -0.2) is 23.9 Å². The smallest absolute Gasteiger partial charge is 0.236 e. The van der Waals surface area contributed by atoms with Gasteiger partial charge in [-0.25, -0.2) is 0 Å². The second-order valence-electron chi connectivity index (χ2n) is 9.08. The van der Waals surface area contributed by atoms with Crippen molar-refractivity contribution in [2.24, 2.45) is 0 Å². The highest BCUT2D eigenvalue weighted by Crippen LogP contribution is 2.13. The Balaban J connectivity index is 3.72. The summed E-state index contributed by atoms with van der Waals surface area (Å²) in [6.07, 6.45) is 26.3. The zero-order valence-electron chi connectivity index (χ0n) is 20.6. The fourth-order valence-corrected chi connectivity index (χ4v) is 4.12. The summed E-state index contributed by atoms with van der Waals surface area (Å²) < 4.78 is 0. The molecule has 3 heteroatoms. The average Bonchev–Trinajstić information content (AvgIpc) is 2.75. The number of carbonyl (C=O) groups is 1. The van der Waals surface area contributed by atoms with E-state index in [1.807, 2.05) is 11.0 Å². The molecule has 0 spiro atoms. The van der Waals surface area contributed by atoms with E-state index in [0.29, 0.717) is 0 Å². The molecule has 1 amide bonds. The lowest BCUT2D eigenvalue weighted by Gasteiger charge is -2.21. The quantitative estimate of drug-likeness (QED) is 0.155. The largest absolute Gasteiger partial charge is 0.342 e. The molecule has 0 aliphatic heterocycles. The summed E-state index contributed by atoms with van der Waals surface area (Å²) in [5.74, 6) is 0.0318. The van der Waals surface area contributed by atoms with Crippen molar-refractivity contribution < 1.29 is 4.79 Å². The molecule has 0 heterocycles. The maximum Gasteiger partial charge on any atom is 0.236 e. The maximum atomic E-state index is 12.2. The lowest BCUT2D eigenvalue weighted by atomic mass is 10.1. The van der Waals surface area contributed by atoms with E-state index in [4.69, 9.17) is 5.26 Å². The molecule has 0 unspecified atom stereocenters. The third-order valence-corrected chi connectivity index (χ3v) is 6.15. The highest BCUT2D eigenvalue weighted by molar-refractivity contribution is 5.78. The van der Waals surface area contributed by atoms with E-state index in [9.17, 15) is 4.79 Å².